The van der Waals surface area contributed by atoms with E-state index >= 15 is 0 Å². The van der Waals surface area contributed by atoms with Gasteiger partial charge in [0, 0.05) is 25.7 Å². The second kappa shape index (κ2) is 7.60. The molecule has 2 heterocycles. The number of nitrogens with zero attached hydrogens (tertiary/aromatic N) is 1. The minimum absolute atomic E-state index is 0.0407. The highest BCUT2D eigenvalue weighted by Gasteiger charge is 2.30. The van der Waals surface area contributed by atoms with E-state index in [1.807, 2.05) is 30.3 Å². The van der Waals surface area contributed by atoms with Crippen LogP contribution in [0.1, 0.15) is 30.9 Å². The van der Waals surface area contributed by atoms with Gasteiger partial charge in [-0.1, -0.05) is 30.3 Å². The first-order valence-corrected chi connectivity index (χ1v) is 9.99. The van der Waals surface area contributed by atoms with Gasteiger partial charge in [0.05, 0.1) is 5.75 Å². The number of amides is 1. The molecule has 2 fully saturated rings. The lowest BCUT2D eigenvalue weighted by Gasteiger charge is -2.16. The molecule has 0 radical (unpaired) electrons. The zero-order valence-electron chi connectivity index (χ0n) is 13.6. The van der Waals surface area contributed by atoms with Crippen LogP contribution in [0.2, 0.25) is 0 Å². The highest BCUT2D eigenvalue weighted by Crippen LogP contribution is 2.21. The van der Waals surface area contributed by atoms with Gasteiger partial charge in [-0.25, -0.2) is 23.6 Å². The van der Waals surface area contributed by atoms with Gasteiger partial charge in [0.15, 0.2) is 0 Å². The van der Waals surface area contributed by atoms with Crippen LogP contribution in [0.3, 0.4) is 0 Å². The smallest absolute Gasteiger partial charge is 0.238 e. The maximum atomic E-state index is 12.2. The molecule has 2 aliphatic heterocycles. The maximum absolute atomic E-state index is 12.2. The van der Waals surface area contributed by atoms with Gasteiger partial charge >= 0.3 is 0 Å². The molecule has 2 aliphatic rings. The Hall–Kier alpha value is -1.48. The van der Waals surface area contributed by atoms with Gasteiger partial charge < -0.3 is 5.32 Å². The predicted octanol–water partition coefficient (Wildman–Crippen LogP) is 0.136. The summed E-state index contributed by atoms with van der Waals surface area (Å²) in [6.45, 7) is 1.35. The molecule has 132 valence electrons. The summed E-state index contributed by atoms with van der Waals surface area (Å²) >= 11 is 0. The number of sulfonamides is 1. The van der Waals surface area contributed by atoms with Crippen molar-refractivity contribution in [3.05, 3.63) is 35.9 Å². The van der Waals surface area contributed by atoms with E-state index in [4.69, 9.17) is 0 Å². The standard InChI is InChI=1S/C16H24N4O3S/c21-16(17-8-11-24(22,23)20-9-4-5-10-20)15-12-14(18-19-15)13-6-2-1-3-7-13/h1-3,6-7,14-15,18-19H,4-5,8-12H2,(H,17,21). The van der Waals surface area contributed by atoms with E-state index in [9.17, 15) is 13.2 Å². The second-order valence-corrected chi connectivity index (χ2v) is 8.34. The van der Waals surface area contributed by atoms with Crippen molar-refractivity contribution in [2.75, 3.05) is 25.4 Å². The molecular formula is C16H24N4O3S. The van der Waals surface area contributed by atoms with Crippen molar-refractivity contribution in [2.24, 2.45) is 0 Å². The Morgan fingerprint density at radius 1 is 1.17 bits per heavy atom. The monoisotopic (exact) mass is 352 g/mol. The van der Waals surface area contributed by atoms with Gasteiger partial charge in [0.2, 0.25) is 15.9 Å². The highest BCUT2D eigenvalue weighted by molar-refractivity contribution is 7.89. The third kappa shape index (κ3) is 4.13. The van der Waals surface area contributed by atoms with Crippen LogP contribution in [-0.2, 0) is 14.8 Å². The summed E-state index contributed by atoms with van der Waals surface area (Å²) in [5.74, 6) is -0.210. The van der Waals surface area contributed by atoms with Gasteiger partial charge in [0.25, 0.3) is 0 Å². The van der Waals surface area contributed by atoms with E-state index in [0.29, 0.717) is 19.5 Å². The molecule has 8 heteroatoms. The fourth-order valence-corrected chi connectivity index (χ4v) is 4.59. The van der Waals surface area contributed by atoms with E-state index in [0.717, 1.165) is 18.4 Å². The summed E-state index contributed by atoms with van der Waals surface area (Å²) in [7, 11) is -3.25. The first kappa shape index (κ1) is 17.3. The van der Waals surface area contributed by atoms with Crippen LogP contribution < -0.4 is 16.2 Å². The number of nitrogens with one attached hydrogen (secondary N) is 3. The summed E-state index contributed by atoms with van der Waals surface area (Å²) in [6.07, 6.45) is 2.48. The number of hydrogen-bond donors (Lipinski definition) is 3. The summed E-state index contributed by atoms with van der Waals surface area (Å²) in [5.41, 5.74) is 7.23. The van der Waals surface area contributed by atoms with Gasteiger partial charge in [-0.15, -0.1) is 0 Å². The quantitative estimate of drug-likeness (QED) is 0.677. The molecule has 1 aromatic rings. The average Bonchev–Trinajstić information content (AvgIpc) is 3.27. The van der Waals surface area contributed by atoms with Crippen molar-refractivity contribution in [3.63, 3.8) is 0 Å². The van der Waals surface area contributed by atoms with Crippen LogP contribution in [0, 0.1) is 0 Å². The third-order valence-corrected chi connectivity index (χ3v) is 6.41. The van der Waals surface area contributed by atoms with E-state index in [1.165, 1.54) is 4.31 Å². The van der Waals surface area contributed by atoms with E-state index in [-0.39, 0.29) is 30.3 Å². The van der Waals surface area contributed by atoms with Gasteiger partial charge in [-0.3, -0.25) is 4.79 Å². The Kier molecular flexibility index (Phi) is 5.50. The normalized spacial score (nSPS) is 25.0. The highest BCUT2D eigenvalue weighted by atomic mass is 32.2. The molecule has 0 aromatic heterocycles. The average molecular weight is 352 g/mol. The molecule has 0 bridgehead atoms. The van der Waals surface area contributed by atoms with Crippen LogP contribution in [0.25, 0.3) is 0 Å². The van der Waals surface area contributed by atoms with Crippen molar-refractivity contribution in [1.29, 1.82) is 0 Å². The van der Waals surface area contributed by atoms with Crippen LogP contribution in [0.5, 0.6) is 0 Å². The Morgan fingerprint density at radius 2 is 1.88 bits per heavy atom. The zero-order chi connectivity index (χ0) is 17.0. The Morgan fingerprint density at radius 3 is 2.58 bits per heavy atom. The molecule has 0 saturated carbocycles. The maximum Gasteiger partial charge on any atom is 0.238 e. The zero-order valence-corrected chi connectivity index (χ0v) is 14.4. The molecule has 7 nitrogen and oxygen atoms in total. The number of hydrogen-bond acceptors (Lipinski definition) is 5. The third-order valence-electron chi connectivity index (χ3n) is 4.54. The van der Waals surface area contributed by atoms with E-state index in [1.54, 1.807) is 0 Å². The predicted molar refractivity (Wildman–Crippen MR) is 91.5 cm³/mol. The lowest BCUT2D eigenvalue weighted by Crippen LogP contribution is -2.45. The summed E-state index contributed by atoms with van der Waals surface area (Å²) in [5, 5.41) is 2.73. The van der Waals surface area contributed by atoms with Crippen LogP contribution in [-0.4, -0.2) is 50.1 Å². The molecule has 2 saturated heterocycles. The largest absolute Gasteiger partial charge is 0.354 e. The Labute approximate surface area is 142 Å². The van der Waals surface area contributed by atoms with Gasteiger partial charge in [-0.2, -0.15) is 0 Å². The number of carbonyl (C=O) groups excluding carboxylic acids is 1. The molecule has 0 spiro atoms. The number of benzene rings is 1. The van der Waals surface area contributed by atoms with Gasteiger partial charge in [0.1, 0.15) is 6.04 Å². The van der Waals surface area contributed by atoms with Gasteiger partial charge in [-0.05, 0) is 24.8 Å². The SMILES string of the molecule is O=C(NCCS(=O)(=O)N1CCCC1)C1CC(c2ccccc2)NN1. The van der Waals surface area contributed by atoms with Crippen LogP contribution in [0.15, 0.2) is 30.3 Å². The first-order chi connectivity index (χ1) is 11.6. The molecule has 24 heavy (non-hydrogen) atoms. The Bertz CT molecular complexity index is 659. The first-order valence-electron chi connectivity index (χ1n) is 8.38. The summed E-state index contributed by atoms with van der Waals surface area (Å²) in [6, 6.07) is 9.64. The minimum Gasteiger partial charge on any atom is -0.354 e. The lowest BCUT2D eigenvalue weighted by molar-refractivity contribution is -0.122. The molecule has 3 N–H and O–H groups in total. The summed E-state index contributed by atoms with van der Waals surface area (Å²) in [4.78, 5) is 12.2. The number of carbonyl (C=O) groups is 1. The van der Waals surface area contributed by atoms with Crippen molar-refractivity contribution in [1.82, 2.24) is 20.5 Å². The summed E-state index contributed by atoms with van der Waals surface area (Å²) < 4.78 is 25.8. The fourth-order valence-electron chi connectivity index (χ4n) is 3.15. The molecular weight excluding hydrogens is 328 g/mol. The van der Waals surface area contributed by atoms with E-state index < -0.39 is 10.0 Å². The van der Waals surface area contributed by atoms with Crippen LogP contribution in [0.4, 0.5) is 0 Å². The molecule has 2 unspecified atom stereocenters. The number of hydrazine groups is 1. The topological polar surface area (TPSA) is 90.5 Å². The fraction of sp³-hybridized carbons (Fsp3) is 0.562. The lowest BCUT2D eigenvalue weighted by atomic mass is 10.0. The molecule has 1 aromatic carbocycles. The second-order valence-electron chi connectivity index (χ2n) is 6.25. The van der Waals surface area contributed by atoms with Crippen LogP contribution >= 0.6 is 0 Å². The van der Waals surface area contributed by atoms with Crippen molar-refractivity contribution in [3.8, 4) is 0 Å². The van der Waals surface area contributed by atoms with Crippen molar-refractivity contribution >= 4 is 15.9 Å². The minimum atomic E-state index is -3.25. The molecule has 2 atom stereocenters. The van der Waals surface area contributed by atoms with Crippen molar-refractivity contribution in [2.45, 2.75) is 31.3 Å². The molecule has 0 aliphatic carbocycles. The Balaban J connectivity index is 1.44. The van der Waals surface area contributed by atoms with E-state index in [2.05, 4.69) is 16.2 Å². The molecule has 3 rings (SSSR count). The molecule has 1 amide bonds. The number of rotatable bonds is 6. The van der Waals surface area contributed by atoms with Crippen molar-refractivity contribution < 1.29 is 13.2 Å².